The highest BCUT2D eigenvalue weighted by atomic mass is 19.4. The van der Waals surface area contributed by atoms with E-state index in [1.807, 2.05) is 6.92 Å². The maximum Gasteiger partial charge on any atom is 0.389 e. The molecule has 0 amide bonds. The molecule has 0 bridgehead atoms. The number of nitrogens with one attached hydrogen (secondary N) is 1. The molecule has 0 spiro atoms. The molecule has 0 aromatic carbocycles. The quantitative estimate of drug-likeness (QED) is 0.691. The second kappa shape index (κ2) is 5.41. The third-order valence-corrected chi connectivity index (χ3v) is 1.60. The summed E-state index contributed by atoms with van der Waals surface area (Å²) in [5.74, 6) is 0. The molecule has 0 fully saturated rings. The van der Waals surface area contributed by atoms with E-state index < -0.39 is 12.6 Å². The number of hydrogen-bond acceptors (Lipinski definition) is 1. The maximum absolute atomic E-state index is 11.7. The average molecular weight is 183 g/mol. The van der Waals surface area contributed by atoms with Crippen LogP contribution in [0, 0.1) is 0 Å². The summed E-state index contributed by atoms with van der Waals surface area (Å²) in [5.41, 5.74) is 0. The number of rotatable bonds is 5. The third-order valence-electron chi connectivity index (χ3n) is 1.60. The van der Waals surface area contributed by atoms with E-state index in [-0.39, 0.29) is 12.5 Å². The molecule has 1 atom stereocenters. The molecule has 74 valence electrons. The van der Waals surface area contributed by atoms with Gasteiger partial charge in [0.25, 0.3) is 0 Å². The summed E-state index contributed by atoms with van der Waals surface area (Å²) >= 11 is 0. The van der Waals surface area contributed by atoms with E-state index in [2.05, 4.69) is 5.32 Å². The Morgan fingerprint density at radius 1 is 1.33 bits per heavy atom. The van der Waals surface area contributed by atoms with E-state index in [0.717, 1.165) is 13.0 Å². The topological polar surface area (TPSA) is 12.0 Å². The average Bonchev–Trinajstić information content (AvgIpc) is 1.95. The van der Waals surface area contributed by atoms with Gasteiger partial charge >= 0.3 is 6.18 Å². The van der Waals surface area contributed by atoms with Crippen molar-refractivity contribution in [2.75, 3.05) is 6.54 Å². The van der Waals surface area contributed by atoms with E-state index in [4.69, 9.17) is 0 Å². The molecule has 0 heterocycles. The zero-order valence-corrected chi connectivity index (χ0v) is 7.54. The summed E-state index contributed by atoms with van der Waals surface area (Å²) in [6.07, 6.45) is -3.58. The second-order valence-corrected chi connectivity index (χ2v) is 3.01. The van der Waals surface area contributed by atoms with E-state index >= 15 is 0 Å². The molecule has 0 rings (SSSR count). The number of hydrogen-bond donors (Lipinski definition) is 1. The van der Waals surface area contributed by atoms with Crippen LogP contribution in [0.25, 0.3) is 0 Å². The van der Waals surface area contributed by atoms with Crippen LogP contribution in [0.5, 0.6) is 0 Å². The molecule has 0 radical (unpaired) electrons. The van der Waals surface area contributed by atoms with E-state index in [9.17, 15) is 13.2 Å². The molecular weight excluding hydrogens is 167 g/mol. The van der Waals surface area contributed by atoms with Crippen molar-refractivity contribution < 1.29 is 13.2 Å². The van der Waals surface area contributed by atoms with Gasteiger partial charge in [0, 0.05) is 12.5 Å². The van der Waals surface area contributed by atoms with Crippen molar-refractivity contribution in [3.05, 3.63) is 0 Å². The summed E-state index contributed by atoms with van der Waals surface area (Å²) in [6, 6.07) is -0.0356. The van der Waals surface area contributed by atoms with Crippen LogP contribution in [-0.4, -0.2) is 18.8 Å². The first-order valence-corrected chi connectivity index (χ1v) is 4.26. The molecule has 0 aliphatic rings. The van der Waals surface area contributed by atoms with Crippen LogP contribution in [-0.2, 0) is 0 Å². The highest BCUT2D eigenvalue weighted by molar-refractivity contribution is 4.62. The first kappa shape index (κ1) is 11.8. The van der Waals surface area contributed by atoms with Crippen LogP contribution in [0.15, 0.2) is 0 Å². The lowest BCUT2D eigenvalue weighted by atomic mass is 10.2. The van der Waals surface area contributed by atoms with Gasteiger partial charge < -0.3 is 5.32 Å². The summed E-state index contributed by atoms with van der Waals surface area (Å²) in [4.78, 5) is 0. The SMILES string of the molecule is CCCNC(C)CCC(F)(F)F. The number of halogens is 3. The van der Waals surface area contributed by atoms with Gasteiger partial charge in [0.2, 0.25) is 0 Å². The fourth-order valence-electron chi connectivity index (χ4n) is 0.873. The monoisotopic (exact) mass is 183 g/mol. The number of alkyl halides is 3. The molecule has 0 aliphatic heterocycles. The van der Waals surface area contributed by atoms with Crippen molar-refractivity contribution in [2.45, 2.75) is 45.3 Å². The van der Waals surface area contributed by atoms with Gasteiger partial charge in [0.15, 0.2) is 0 Å². The van der Waals surface area contributed by atoms with Crippen LogP contribution in [0.3, 0.4) is 0 Å². The molecule has 1 nitrogen and oxygen atoms in total. The van der Waals surface area contributed by atoms with Gasteiger partial charge in [-0.2, -0.15) is 13.2 Å². The van der Waals surface area contributed by atoms with Gasteiger partial charge in [-0.25, -0.2) is 0 Å². The Morgan fingerprint density at radius 3 is 2.33 bits per heavy atom. The predicted molar refractivity (Wildman–Crippen MR) is 43.0 cm³/mol. The van der Waals surface area contributed by atoms with Crippen molar-refractivity contribution in [1.82, 2.24) is 5.32 Å². The van der Waals surface area contributed by atoms with Crippen LogP contribution in [0.2, 0.25) is 0 Å². The molecular formula is C8H16F3N. The first-order chi connectivity index (χ1) is 5.45. The zero-order chi connectivity index (χ0) is 9.61. The highest BCUT2D eigenvalue weighted by Crippen LogP contribution is 2.21. The minimum Gasteiger partial charge on any atom is -0.314 e. The Morgan fingerprint density at radius 2 is 1.92 bits per heavy atom. The molecule has 1 N–H and O–H groups in total. The molecule has 4 heteroatoms. The molecule has 0 aromatic heterocycles. The summed E-state index contributed by atoms with van der Waals surface area (Å²) in [6.45, 7) is 4.56. The summed E-state index contributed by atoms with van der Waals surface area (Å²) < 4.78 is 35.1. The summed E-state index contributed by atoms with van der Waals surface area (Å²) in [5, 5.41) is 3.00. The fraction of sp³-hybridized carbons (Fsp3) is 1.00. The Bertz CT molecular complexity index is 111. The lowest BCUT2D eigenvalue weighted by Crippen LogP contribution is -2.28. The molecule has 0 aromatic rings. The largest absolute Gasteiger partial charge is 0.389 e. The fourth-order valence-corrected chi connectivity index (χ4v) is 0.873. The Hall–Kier alpha value is -0.250. The molecule has 0 saturated carbocycles. The van der Waals surface area contributed by atoms with Crippen molar-refractivity contribution in [1.29, 1.82) is 0 Å². The van der Waals surface area contributed by atoms with Crippen LogP contribution in [0.4, 0.5) is 13.2 Å². The van der Waals surface area contributed by atoms with Crippen molar-refractivity contribution in [3.8, 4) is 0 Å². The van der Waals surface area contributed by atoms with Crippen molar-refractivity contribution >= 4 is 0 Å². The van der Waals surface area contributed by atoms with E-state index in [1.165, 1.54) is 0 Å². The molecule has 12 heavy (non-hydrogen) atoms. The van der Waals surface area contributed by atoms with Gasteiger partial charge in [-0.1, -0.05) is 6.92 Å². The first-order valence-electron chi connectivity index (χ1n) is 4.26. The van der Waals surface area contributed by atoms with E-state index in [0.29, 0.717) is 0 Å². The van der Waals surface area contributed by atoms with Gasteiger partial charge in [-0.05, 0) is 26.3 Å². The highest BCUT2D eigenvalue weighted by Gasteiger charge is 2.27. The Labute approximate surface area is 71.3 Å². The van der Waals surface area contributed by atoms with E-state index in [1.54, 1.807) is 6.92 Å². The van der Waals surface area contributed by atoms with Crippen molar-refractivity contribution in [2.24, 2.45) is 0 Å². The van der Waals surface area contributed by atoms with Crippen LogP contribution < -0.4 is 5.32 Å². The minimum atomic E-state index is -4.01. The third kappa shape index (κ3) is 7.85. The maximum atomic E-state index is 11.7. The predicted octanol–water partition coefficient (Wildman–Crippen LogP) is 2.72. The zero-order valence-electron chi connectivity index (χ0n) is 7.54. The van der Waals surface area contributed by atoms with Gasteiger partial charge in [-0.3, -0.25) is 0 Å². The molecule has 1 unspecified atom stereocenters. The van der Waals surface area contributed by atoms with Gasteiger partial charge in [0.05, 0.1) is 0 Å². The van der Waals surface area contributed by atoms with Crippen LogP contribution >= 0.6 is 0 Å². The lowest BCUT2D eigenvalue weighted by Gasteiger charge is -2.13. The van der Waals surface area contributed by atoms with Crippen molar-refractivity contribution in [3.63, 3.8) is 0 Å². The van der Waals surface area contributed by atoms with Crippen LogP contribution in [0.1, 0.15) is 33.1 Å². The summed E-state index contributed by atoms with van der Waals surface area (Å²) in [7, 11) is 0. The lowest BCUT2D eigenvalue weighted by molar-refractivity contribution is -0.136. The Balaban J connectivity index is 3.37. The molecule has 0 aliphatic carbocycles. The van der Waals surface area contributed by atoms with Gasteiger partial charge in [-0.15, -0.1) is 0 Å². The molecule has 0 saturated heterocycles. The Kier molecular flexibility index (Phi) is 5.29. The minimum absolute atomic E-state index is 0.0356. The standard InChI is InChI=1S/C8H16F3N/c1-3-6-12-7(2)4-5-8(9,10)11/h7,12H,3-6H2,1-2H3. The van der Waals surface area contributed by atoms with Gasteiger partial charge in [0.1, 0.15) is 0 Å². The normalized spacial score (nSPS) is 14.8. The second-order valence-electron chi connectivity index (χ2n) is 3.01. The smallest absolute Gasteiger partial charge is 0.314 e.